The normalized spacial score (nSPS) is 46.0. The van der Waals surface area contributed by atoms with Gasteiger partial charge in [0.05, 0.1) is 12.2 Å². The van der Waals surface area contributed by atoms with Crippen LogP contribution in [0.25, 0.3) is 0 Å². The van der Waals surface area contributed by atoms with Crippen molar-refractivity contribution in [3.8, 4) is 0 Å². The van der Waals surface area contributed by atoms with Crippen LogP contribution >= 0.6 is 0 Å². The molecule has 3 N–H and O–H groups in total. The Balaban J connectivity index is 1.76. The lowest BCUT2D eigenvalue weighted by atomic mass is 9.45. The number of carbonyl (C=O) groups excluding carboxylic acids is 3. The Kier molecular flexibility index (Phi) is 4.96. The second-order valence-electron chi connectivity index (χ2n) is 10.1. The molecule has 0 radical (unpaired) electrons. The van der Waals surface area contributed by atoms with Crippen molar-refractivity contribution in [1.82, 2.24) is 0 Å². The van der Waals surface area contributed by atoms with Crippen LogP contribution in [0.3, 0.4) is 0 Å². The fraction of sp³-hybridized carbons (Fsp3) is 0.625. The molecule has 8 atom stereocenters. The van der Waals surface area contributed by atoms with Gasteiger partial charge in [-0.25, -0.2) is 0 Å². The van der Waals surface area contributed by atoms with Crippen LogP contribution in [0.2, 0.25) is 0 Å². The van der Waals surface area contributed by atoms with Gasteiger partial charge in [-0.05, 0) is 48.8 Å². The highest BCUT2D eigenvalue weighted by atomic mass is 16.5. The number of Topliss-reactive ketones (excluding diaryl/α,β-unsaturated/α-hetero) is 1. The van der Waals surface area contributed by atoms with Crippen LogP contribution in [0.4, 0.5) is 0 Å². The number of fused-ring (bicyclic) bond motifs is 5. The Bertz CT molecular complexity index is 932. The molecule has 168 valence electrons. The average Bonchev–Trinajstić information content (AvgIpc) is 2.88. The molecule has 31 heavy (non-hydrogen) atoms. The van der Waals surface area contributed by atoms with Crippen LogP contribution in [0, 0.1) is 28.6 Å². The van der Waals surface area contributed by atoms with Crippen molar-refractivity contribution in [2.24, 2.45) is 28.6 Å². The van der Waals surface area contributed by atoms with Crippen LogP contribution in [0.1, 0.15) is 40.0 Å². The zero-order valence-corrected chi connectivity index (χ0v) is 18.1. The number of aliphatic hydroxyl groups excluding tert-OH is 2. The third kappa shape index (κ3) is 2.86. The van der Waals surface area contributed by atoms with E-state index in [1.165, 1.54) is 13.0 Å². The fourth-order valence-electron chi connectivity index (χ4n) is 7.04. The lowest BCUT2D eigenvalue weighted by molar-refractivity contribution is -0.189. The summed E-state index contributed by atoms with van der Waals surface area (Å²) in [5.74, 6) is -2.50. The summed E-state index contributed by atoms with van der Waals surface area (Å²) < 4.78 is 4.86. The summed E-state index contributed by atoms with van der Waals surface area (Å²) in [5, 5.41) is 34.1. The predicted molar refractivity (Wildman–Crippen MR) is 111 cm³/mol. The second kappa shape index (κ2) is 6.95. The fourth-order valence-corrected chi connectivity index (χ4v) is 7.04. The lowest BCUT2D eigenvalue weighted by Gasteiger charge is -2.60. The second-order valence-corrected chi connectivity index (χ2v) is 10.1. The topological polar surface area (TPSA) is 121 Å². The summed E-state index contributed by atoms with van der Waals surface area (Å²) in [6.07, 6.45) is 3.85. The molecule has 0 amide bonds. The summed E-state index contributed by atoms with van der Waals surface area (Å²) in [7, 11) is 0. The third-order valence-electron chi connectivity index (χ3n) is 8.53. The van der Waals surface area contributed by atoms with Crippen LogP contribution in [0.15, 0.2) is 36.0 Å². The summed E-state index contributed by atoms with van der Waals surface area (Å²) in [4.78, 5) is 36.2. The van der Waals surface area contributed by atoms with E-state index in [1.54, 1.807) is 13.0 Å². The van der Waals surface area contributed by atoms with Crippen molar-refractivity contribution < 1.29 is 34.4 Å². The first-order valence-corrected chi connectivity index (χ1v) is 10.7. The van der Waals surface area contributed by atoms with E-state index >= 15 is 0 Å². The van der Waals surface area contributed by atoms with Gasteiger partial charge in [-0.15, -0.1) is 0 Å². The van der Waals surface area contributed by atoms with E-state index in [4.69, 9.17) is 4.74 Å². The molecule has 3 saturated carbocycles. The molecule has 4 rings (SSSR count). The lowest BCUT2D eigenvalue weighted by Crippen LogP contribution is -2.64. The summed E-state index contributed by atoms with van der Waals surface area (Å²) >= 11 is 0. The molecule has 0 heterocycles. The van der Waals surface area contributed by atoms with E-state index in [2.05, 4.69) is 6.58 Å². The van der Waals surface area contributed by atoms with Crippen LogP contribution in [-0.2, 0) is 19.1 Å². The van der Waals surface area contributed by atoms with Gasteiger partial charge in [0.1, 0.15) is 0 Å². The molecule has 3 fully saturated rings. The summed E-state index contributed by atoms with van der Waals surface area (Å²) in [5.41, 5.74) is -2.52. The van der Waals surface area contributed by atoms with Gasteiger partial charge in [0.2, 0.25) is 5.78 Å². The third-order valence-corrected chi connectivity index (χ3v) is 8.53. The summed E-state index contributed by atoms with van der Waals surface area (Å²) in [6, 6.07) is 0. The Morgan fingerprint density at radius 2 is 1.90 bits per heavy atom. The maximum Gasteiger partial charge on any atom is 0.303 e. The summed E-state index contributed by atoms with van der Waals surface area (Å²) in [6.45, 7) is 8.31. The molecule has 0 aliphatic heterocycles. The quantitative estimate of drug-likeness (QED) is 0.455. The Morgan fingerprint density at radius 3 is 2.55 bits per heavy atom. The minimum Gasteiger partial charge on any atom is -0.458 e. The van der Waals surface area contributed by atoms with E-state index in [-0.39, 0.29) is 24.0 Å². The van der Waals surface area contributed by atoms with Crippen molar-refractivity contribution in [3.63, 3.8) is 0 Å². The molecular formula is C24H30O7. The molecule has 0 spiro atoms. The predicted octanol–water partition coefficient (Wildman–Crippen LogP) is 1.27. The van der Waals surface area contributed by atoms with Gasteiger partial charge in [0.15, 0.2) is 18.0 Å². The first kappa shape index (κ1) is 22.1. The average molecular weight is 430 g/mol. The Hall–Kier alpha value is -2.09. The van der Waals surface area contributed by atoms with Gasteiger partial charge in [-0.2, -0.15) is 0 Å². The van der Waals surface area contributed by atoms with Crippen molar-refractivity contribution in [1.29, 1.82) is 0 Å². The van der Waals surface area contributed by atoms with Gasteiger partial charge in [-0.1, -0.05) is 32.1 Å². The van der Waals surface area contributed by atoms with Crippen LogP contribution in [0.5, 0.6) is 0 Å². The minimum absolute atomic E-state index is 0.123. The number of rotatable bonds is 3. The largest absolute Gasteiger partial charge is 0.458 e. The number of carbonyl (C=O) groups is 3. The number of ketones is 2. The molecular weight excluding hydrogens is 400 g/mol. The number of allylic oxidation sites excluding steroid dienone is 3. The van der Waals surface area contributed by atoms with Gasteiger partial charge in [0, 0.05) is 23.7 Å². The zero-order chi connectivity index (χ0) is 22.9. The number of ether oxygens (including phenoxy) is 1. The SMILES string of the molecule is C=C1C[C@H]2[C@@H]3C(O)CC4=CC(=O)C=C[C@]4(C)[C@H]3C(O)C[C@]2(C)[C@@]1(O)C(=O)COC(C)=O. The van der Waals surface area contributed by atoms with Gasteiger partial charge in [-0.3, -0.25) is 14.4 Å². The first-order valence-electron chi connectivity index (χ1n) is 10.7. The number of hydrogen-bond donors (Lipinski definition) is 3. The zero-order valence-electron chi connectivity index (χ0n) is 18.1. The molecule has 0 aromatic heterocycles. The Labute approximate surface area is 181 Å². The molecule has 2 unspecified atom stereocenters. The molecule has 7 heteroatoms. The van der Waals surface area contributed by atoms with Crippen molar-refractivity contribution in [2.45, 2.75) is 57.8 Å². The van der Waals surface area contributed by atoms with Crippen molar-refractivity contribution in [2.75, 3.05) is 6.61 Å². The molecule has 4 aliphatic carbocycles. The molecule has 4 aliphatic rings. The van der Waals surface area contributed by atoms with Crippen LogP contribution < -0.4 is 0 Å². The Morgan fingerprint density at radius 1 is 1.23 bits per heavy atom. The molecule has 0 saturated heterocycles. The highest BCUT2D eigenvalue weighted by Crippen LogP contribution is 2.68. The minimum atomic E-state index is -1.96. The number of esters is 1. The van der Waals surface area contributed by atoms with Gasteiger partial charge >= 0.3 is 5.97 Å². The van der Waals surface area contributed by atoms with Crippen molar-refractivity contribution >= 4 is 17.5 Å². The number of hydrogen-bond acceptors (Lipinski definition) is 7. The molecule has 0 aromatic carbocycles. The van der Waals surface area contributed by atoms with E-state index < -0.39 is 52.9 Å². The van der Waals surface area contributed by atoms with E-state index in [0.717, 1.165) is 5.57 Å². The molecule has 7 nitrogen and oxygen atoms in total. The maximum absolute atomic E-state index is 13.0. The highest BCUT2D eigenvalue weighted by molar-refractivity contribution is 6.01. The van der Waals surface area contributed by atoms with E-state index in [1.807, 2.05) is 13.0 Å². The van der Waals surface area contributed by atoms with E-state index in [9.17, 15) is 29.7 Å². The maximum atomic E-state index is 13.0. The van der Waals surface area contributed by atoms with Crippen LogP contribution in [-0.4, -0.2) is 57.3 Å². The number of aliphatic hydroxyl groups is 3. The standard InChI is InChI=1S/C24H30O7/c1-12-7-16-20-17(27)9-14-8-15(26)5-6-22(14,3)21(20)18(28)10-23(16,4)24(12,30)19(29)11-31-13(2)25/h5-6,8,16-18,20-21,27-28,30H,1,7,9-11H2,2-4H3/t16-,17?,18?,20+,21-,22-,23-,24-/m0/s1. The van der Waals surface area contributed by atoms with Gasteiger partial charge < -0.3 is 20.1 Å². The monoisotopic (exact) mass is 430 g/mol. The highest BCUT2D eigenvalue weighted by Gasteiger charge is 2.70. The first-order chi connectivity index (χ1) is 14.4. The van der Waals surface area contributed by atoms with Crippen molar-refractivity contribution in [3.05, 3.63) is 36.0 Å². The van der Waals surface area contributed by atoms with E-state index in [0.29, 0.717) is 18.4 Å². The smallest absolute Gasteiger partial charge is 0.303 e. The molecule has 0 aromatic rings. The molecule has 0 bridgehead atoms. The van der Waals surface area contributed by atoms with Gasteiger partial charge in [0.25, 0.3) is 0 Å².